The highest BCUT2D eigenvalue weighted by Gasteiger charge is 2.27. The minimum absolute atomic E-state index is 0.0369. The molecule has 1 aliphatic heterocycles. The molecule has 2 rings (SSSR count). The quantitative estimate of drug-likeness (QED) is 0.629. The van der Waals surface area contributed by atoms with Gasteiger partial charge in [-0.1, -0.05) is 6.07 Å². The van der Waals surface area contributed by atoms with E-state index in [-0.39, 0.29) is 5.54 Å². The van der Waals surface area contributed by atoms with E-state index >= 15 is 0 Å². The van der Waals surface area contributed by atoms with Crippen molar-refractivity contribution in [2.75, 3.05) is 0 Å². The fourth-order valence-electron chi connectivity index (χ4n) is 1.51. The van der Waals surface area contributed by atoms with Gasteiger partial charge >= 0.3 is 0 Å². The zero-order valence-corrected chi connectivity index (χ0v) is 8.95. The molecule has 0 aliphatic carbocycles. The Morgan fingerprint density at radius 1 is 1.43 bits per heavy atom. The van der Waals surface area contributed by atoms with Gasteiger partial charge in [0, 0.05) is 17.3 Å². The molecule has 0 atom stereocenters. The molecule has 0 amide bonds. The molecule has 14 heavy (non-hydrogen) atoms. The van der Waals surface area contributed by atoms with E-state index in [0.29, 0.717) is 6.61 Å². The number of hydrogen-bond donors (Lipinski definition) is 0. The maximum Gasteiger partial charge on any atom is 0.0954 e. The first kappa shape index (κ1) is 9.62. The van der Waals surface area contributed by atoms with Gasteiger partial charge in [-0.3, -0.25) is 9.82 Å². The van der Waals surface area contributed by atoms with Crippen LogP contribution in [0.25, 0.3) is 0 Å². The molecule has 2 heterocycles. The van der Waals surface area contributed by atoms with Gasteiger partial charge in [-0.2, -0.15) is 5.06 Å². The molecule has 0 radical (unpaired) electrons. The van der Waals surface area contributed by atoms with Crippen LogP contribution in [0.5, 0.6) is 0 Å². The maximum atomic E-state index is 5.66. The highest BCUT2D eigenvalue weighted by atomic mass is 16.7. The lowest BCUT2D eigenvalue weighted by atomic mass is 10.1. The Balaban J connectivity index is 2.22. The van der Waals surface area contributed by atoms with Crippen LogP contribution in [0.2, 0.25) is 0 Å². The van der Waals surface area contributed by atoms with Crippen molar-refractivity contribution in [2.24, 2.45) is 0 Å². The first-order chi connectivity index (χ1) is 6.57. The second-order valence-electron chi connectivity index (χ2n) is 4.59. The van der Waals surface area contributed by atoms with Gasteiger partial charge in [-0.15, -0.1) is 0 Å². The lowest BCUT2D eigenvalue weighted by molar-refractivity contribution is -0.235. The SMILES string of the molecule is CC(C)(C)N1Cc2ncccc2CO1. The topological polar surface area (TPSA) is 25.4 Å². The van der Waals surface area contributed by atoms with E-state index in [2.05, 4.69) is 31.8 Å². The number of hydrogen-bond acceptors (Lipinski definition) is 3. The van der Waals surface area contributed by atoms with E-state index in [9.17, 15) is 0 Å². The monoisotopic (exact) mass is 192 g/mol. The summed E-state index contributed by atoms with van der Waals surface area (Å²) in [6.07, 6.45) is 1.84. The van der Waals surface area contributed by atoms with E-state index in [4.69, 9.17) is 4.84 Å². The van der Waals surface area contributed by atoms with Crippen LogP contribution in [-0.4, -0.2) is 15.6 Å². The molecule has 1 aliphatic rings. The summed E-state index contributed by atoms with van der Waals surface area (Å²) in [6.45, 7) is 7.84. The summed E-state index contributed by atoms with van der Waals surface area (Å²) >= 11 is 0. The van der Waals surface area contributed by atoms with E-state index in [1.54, 1.807) is 0 Å². The summed E-state index contributed by atoms with van der Waals surface area (Å²) in [6, 6.07) is 4.03. The lowest BCUT2D eigenvalue weighted by Gasteiger charge is -2.37. The molecular weight excluding hydrogens is 176 g/mol. The number of pyridine rings is 1. The van der Waals surface area contributed by atoms with Crippen LogP contribution < -0.4 is 0 Å². The summed E-state index contributed by atoms with van der Waals surface area (Å²) in [5.74, 6) is 0. The second-order valence-corrected chi connectivity index (χ2v) is 4.59. The Morgan fingerprint density at radius 2 is 2.21 bits per heavy atom. The molecule has 3 nitrogen and oxygen atoms in total. The predicted octanol–water partition coefficient (Wildman–Crippen LogP) is 2.13. The predicted molar refractivity (Wildman–Crippen MR) is 54.3 cm³/mol. The fourth-order valence-corrected chi connectivity index (χ4v) is 1.51. The van der Waals surface area contributed by atoms with Crippen LogP contribution in [0.4, 0.5) is 0 Å². The lowest BCUT2D eigenvalue weighted by Crippen LogP contribution is -2.43. The van der Waals surface area contributed by atoms with Gasteiger partial charge in [0.1, 0.15) is 0 Å². The van der Waals surface area contributed by atoms with E-state index in [0.717, 1.165) is 12.2 Å². The largest absolute Gasteiger partial charge is 0.293 e. The van der Waals surface area contributed by atoms with Gasteiger partial charge in [-0.05, 0) is 26.8 Å². The van der Waals surface area contributed by atoms with Crippen molar-refractivity contribution in [1.82, 2.24) is 10.0 Å². The van der Waals surface area contributed by atoms with Crippen molar-refractivity contribution >= 4 is 0 Å². The molecule has 1 aromatic heterocycles. The molecule has 0 spiro atoms. The molecule has 0 N–H and O–H groups in total. The molecule has 0 unspecified atom stereocenters. The molecule has 0 fully saturated rings. The highest BCUT2D eigenvalue weighted by Crippen LogP contribution is 2.24. The average molecular weight is 192 g/mol. The minimum atomic E-state index is 0.0369. The zero-order valence-electron chi connectivity index (χ0n) is 8.95. The van der Waals surface area contributed by atoms with Gasteiger partial charge in [-0.25, -0.2) is 0 Å². The second kappa shape index (κ2) is 3.33. The molecule has 0 saturated heterocycles. The van der Waals surface area contributed by atoms with E-state index in [1.165, 1.54) is 5.56 Å². The van der Waals surface area contributed by atoms with Crippen LogP contribution in [0, 0.1) is 0 Å². The van der Waals surface area contributed by atoms with Crippen molar-refractivity contribution < 1.29 is 4.84 Å². The van der Waals surface area contributed by atoms with Crippen molar-refractivity contribution in [3.05, 3.63) is 29.6 Å². The Hall–Kier alpha value is -0.930. The Morgan fingerprint density at radius 3 is 2.93 bits per heavy atom. The Bertz CT molecular complexity index is 330. The van der Waals surface area contributed by atoms with Crippen LogP contribution >= 0.6 is 0 Å². The number of fused-ring (bicyclic) bond motifs is 1. The fraction of sp³-hybridized carbons (Fsp3) is 0.545. The Labute approximate surface area is 84.7 Å². The van der Waals surface area contributed by atoms with E-state index in [1.807, 2.05) is 17.3 Å². The Kier molecular flexibility index (Phi) is 2.29. The van der Waals surface area contributed by atoms with Crippen molar-refractivity contribution in [3.8, 4) is 0 Å². The standard InChI is InChI=1S/C11H16N2O/c1-11(2,3)13-7-10-9(8-14-13)5-4-6-12-10/h4-6H,7-8H2,1-3H3. The molecule has 0 bridgehead atoms. The van der Waals surface area contributed by atoms with Gasteiger partial charge in [0.25, 0.3) is 0 Å². The van der Waals surface area contributed by atoms with Gasteiger partial charge in [0.2, 0.25) is 0 Å². The summed E-state index contributed by atoms with van der Waals surface area (Å²) in [5.41, 5.74) is 2.37. The van der Waals surface area contributed by atoms with Crippen molar-refractivity contribution in [1.29, 1.82) is 0 Å². The summed E-state index contributed by atoms with van der Waals surface area (Å²) in [4.78, 5) is 10.0. The number of aromatic nitrogens is 1. The van der Waals surface area contributed by atoms with Crippen LogP contribution in [0.3, 0.4) is 0 Å². The first-order valence-electron chi connectivity index (χ1n) is 4.91. The molecule has 3 heteroatoms. The third-order valence-electron chi connectivity index (χ3n) is 2.40. The van der Waals surface area contributed by atoms with Gasteiger partial charge in [0.15, 0.2) is 0 Å². The molecule has 0 aromatic carbocycles. The summed E-state index contributed by atoms with van der Waals surface area (Å²) in [5, 5.41) is 1.99. The molecule has 1 aromatic rings. The van der Waals surface area contributed by atoms with Crippen molar-refractivity contribution in [2.45, 2.75) is 39.5 Å². The number of hydroxylamine groups is 2. The molecule has 0 saturated carbocycles. The molecule has 76 valence electrons. The third-order valence-corrected chi connectivity index (χ3v) is 2.40. The minimum Gasteiger partial charge on any atom is -0.293 e. The average Bonchev–Trinajstić information content (AvgIpc) is 2.16. The van der Waals surface area contributed by atoms with Crippen molar-refractivity contribution in [3.63, 3.8) is 0 Å². The summed E-state index contributed by atoms with van der Waals surface area (Å²) in [7, 11) is 0. The number of nitrogens with zero attached hydrogens (tertiary/aromatic N) is 2. The van der Waals surface area contributed by atoms with Gasteiger partial charge in [0.05, 0.1) is 18.8 Å². The van der Waals surface area contributed by atoms with E-state index < -0.39 is 0 Å². The third kappa shape index (κ3) is 1.79. The van der Waals surface area contributed by atoms with Gasteiger partial charge < -0.3 is 0 Å². The van der Waals surface area contributed by atoms with Crippen LogP contribution in [-0.2, 0) is 18.0 Å². The zero-order chi connectivity index (χ0) is 10.2. The number of rotatable bonds is 0. The maximum absolute atomic E-state index is 5.66. The van der Waals surface area contributed by atoms with Crippen LogP contribution in [0.1, 0.15) is 32.0 Å². The normalized spacial score (nSPS) is 17.9. The first-order valence-corrected chi connectivity index (χ1v) is 4.91. The van der Waals surface area contributed by atoms with Crippen LogP contribution in [0.15, 0.2) is 18.3 Å². The highest BCUT2D eigenvalue weighted by molar-refractivity contribution is 5.20. The smallest absolute Gasteiger partial charge is 0.0954 e. The summed E-state index contributed by atoms with van der Waals surface area (Å²) < 4.78 is 0. The molecular formula is C11H16N2O.